The Bertz CT molecular complexity index is 601. The summed E-state index contributed by atoms with van der Waals surface area (Å²) in [6.07, 6.45) is 3.61. The zero-order valence-electron chi connectivity index (χ0n) is 11.8. The summed E-state index contributed by atoms with van der Waals surface area (Å²) in [4.78, 5) is 16.6. The summed E-state index contributed by atoms with van der Waals surface area (Å²) in [7, 11) is 0. The zero-order valence-corrected chi connectivity index (χ0v) is 12.6. The topological polar surface area (TPSA) is 64.4 Å². The first-order valence-electron chi connectivity index (χ1n) is 6.46. The number of nitrogens with zero attached hydrogens (tertiary/aromatic N) is 2. The fraction of sp³-hybridized carbons (Fsp3) is 0.429. The van der Waals surface area contributed by atoms with Crippen LogP contribution in [0.15, 0.2) is 18.5 Å². The van der Waals surface area contributed by atoms with Crippen molar-refractivity contribution in [2.45, 2.75) is 33.2 Å². The third-order valence-electron chi connectivity index (χ3n) is 2.99. The van der Waals surface area contributed by atoms with Crippen molar-refractivity contribution in [1.82, 2.24) is 9.55 Å². The van der Waals surface area contributed by atoms with Gasteiger partial charge in [-0.15, -0.1) is 11.3 Å². The second kappa shape index (κ2) is 6.09. The molecule has 0 aliphatic rings. The molecule has 0 spiro atoms. The van der Waals surface area contributed by atoms with Crippen molar-refractivity contribution in [2.24, 2.45) is 0 Å². The lowest BCUT2D eigenvalue weighted by Gasteiger charge is -2.07. The molecule has 0 unspecified atom stereocenters. The van der Waals surface area contributed by atoms with Crippen LogP contribution in [0.2, 0.25) is 0 Å². The second-order valence-electron chi connectivity index (χ2n) is 4.82. The molecule has 0 saturated carbocycles. The van der Waals surface area contributed by atoms with Crippen LogP contribution in [0.3, 0.4) is 0 Å². The molecule has 2 aromatic rings. The Balaban J connectivity index is 2.05. The third-order valence-corrected chi connectivity index (χ3v) is 4.40. The quantitative estimate of drug-likeness (QED) is 0.889. The summed E-state index contributed by atoms with van der Waals surface area (Å²) >= 11 is 1.28. The van der Waals surface area contributed by atoms with E-state index in [9.17, 15) is 9.90 Å². The number of aryl methyl sites for hydroxylation is 1. The van der Waals surface area contributed by atoms with E-state index in [4.69, 9.17) is 4.74 Å². The SMILES string of the molecule is Cc1nccn1CCOc1cc(C(C)C)sc1C(=O)O. The van der Waals surface area contributed by atoms with Gasteiger partial charge in [-0.05, 0) is 18.9 Å². The summed E-state index contributed by atoms with van der Waals surface area (Å²) in [6, 6.07) is 1.83. The molecule has 108 valence electrons. The average molecular weight is 294 g/mol. The minimum atomic E-state index is -0.935. The Hall–Kier alpha value is -1.82. The number of thiophene rings is 1. The van der Waals surface area contributed by atoms with Gasteiger partial charge in [-0.2, -0.15) is 0 Å². The van der Waals surface area contributed by atoms with Gasteiger partial charge in [0.05, 0.1) is 6.54 Å². The molecule has 0 bridgehead atoms. The van der Waals surface area contributed by atoms with Crippen LogP contribution < -0.4 is 4.74 Å². The van der Waals surface area contributed by atoms with E-state index in [1.165, 1.54) is 11.3 Å². The number of carboxylic acids is 1. The van der Waals surface area contributed by atoms with Crippen LogP contribution >= 0.6 is 11.3 Å². The first kappa shape index (κ1) is 14.6. The van der Waals surface area contributed by atoms with E-state index >= 15 is 0 Å². The van der Waals surface area contributed by atoms with Crippen LogP contribution in [0.1, 0.15) is 40.1 Å². The van der Waals surface area contributed by atoms with E-state index in [0.29, 0.717) is 24.8 Å². The van der Waals surface area contributed by atoms with Gasteiger partial charge < -0.3 is 14.4 Å². The first-order valence-corrected chi connectivity index (χ1v) is 7.28. The third kappa shape index (κ3) is 3.19. The van der Waals surface area contributed by atoms with Crippen LogP contribution in [-0.4, -0.2) is 27.2 Å². The lowest BCUT2D eigenvalue weighted by molar-refractivity contribution is 0.0698. The molecule has 0 amide bonds. The smallest absolute Gasteiger partial charge is 0.349 e. The van der Waals surface area contributed by atoms with Gasteiger partial charge >= 0.3 is 5.97 Å². The van der Waals surface area contributed by atoms with Crippen molar-refractivity contribution in [3.63, 3.8) is 0 Å². The summed E-state index contributed by atoms with van der Waals surface area (Å²) in [5.41, 5.74) is 0. The number of imidazole rings is 1. The van der Waals surface area contributed by atoms with Gasteiger partial charge in [0.2, 0.25) is 0 Å². The van der Waals surface area contributed by atoms with E-state index in [1.807, 2.05) is 37.6 Å². The fourth-order valence-corrected chi connectivity index (χ4v) is 2.77. The van der Waals surface area contributed by atoms with Crippen molar-refractivity contribution >= 4 is 17.3 Å². The lowest BCUT2D eigenvalue weighted by Crippen LogP contribution is -2.09. The predicted octanol–water partition coefficient (Wildman–Crippen LogP) is 3.15. The standard InChI is InChI=1S/C14H18N2O3S/c1-9(2)12-8-11(13(20-12)14(17)18)19-7-6-16-5-4-15-10(16)3/h4-5,8-9H,6-7H2,1-3H3,(H,17,18). The highest BCUT2D eigenvalue weighted by atomic mass is 32.1. The fourth-order valence-electron chi connectivity index (χ4n) is 1.83. The Morgan fingerprint density at radius 1 is 1.55 bits per heavy atom. The van der Waals surface area contributed by atoms with Crippen LogP contribution in [0.25, 0.3) is 0 Å². The number of carbonyl (C=O) groups is 1. The van der Waals surface area contributed by atoms with Gasteiger partial charge in [-0.3, -0.25) is 0 Å². The molecule has 0 aromatic carbocycles. The molecule has 0 radical (unpaired) electrons. The lowest BCUT2D eigenvalue weighted by atomic mass is 10.2. The molecule has 0 saturated heterocycles. The molecule has 0 fully saturated rings. The maximum Gasteiger partial charge on any atom is 0.349 e. The first-order chi connectivity index (χ1) is 9.49. The number of hydrogen-bond acceptors (Lipinski definition) is 4. The van der Waals surface area contributed by atoms with E-state index in [1.54, 1.807) is 6.20 Å². The highest BCUT2D eigenvalue weighted by molar-refractivity contribution is 7.14. The molecule has 2 heterocycles. The highest BCUT2D eigenvalue weighted by Crippen LogP contribution is 2.33. The van der Waals surface area contributed by atoms with Crippen LogP contribution in [0, 0.1) is 6.92 Å². The number of aromatic nitrogens is 2. The minimum Gasteiger partial charge on any atom is -0.490 e. The number of carboxylic acid groups (broad SMARTS) is 1. The van der Waals surface area contributed by atoms with Crippen molar-refractivity contribution in [2.75, 3.05) is 6.61 Å². The number of aromatic carboxylic acids is 1. The molecule has 1 N–H and O–H groups in total. The van der Waals surface area contributed by atoms with Crippen LogP contribution in [0.5, 0.6) is 5.75 Å². The number of ether oxygens (including phenoxy) is 1. The molecule has 6 heteroatoms. The number of rotatable bonds is 6. The molecule has 2 rings (SSSR count). The molecule has 20 heavy (non-hydrogen) atoms. The van der Waals surface area contributed by atoms with E-state index in [-0.39, 0.29) is 4.88 Å². The summed E-state index contributed by atoms with van der Waals surface area (Å²) < 4.78 is 7.61. The molecular formula is C14H18N2O3S. The Labute approximate surface area is 121 Å². The molecule has 5 nitrogen and oxygen atoms in total. The van der Waals surface area contributed by atoms with Gasteiger partial charge in [0.25, 0.3) is 0 Å². The van der Waals surface area contributed by atoms with E-state index in [2.05, 4.69) is 4.98 Å². The maximum absolute atomic E-state index is 11.2. The van der Waals surface area contributed by atoms with Gasteiger partial charge in [-0.25, -0.2) is 9.78 Å². The highest BCUT2D eigenvalue weighted by Gasteiger charge is 2.18. The molecule has 0 atom stereocenters. The summed E-state index contributed by atoms with van der Waals surface area (Å²) in [5.74, 6) is 0.742. The Morgan fingerprint density at radius 2 is 2.30 bits per heavy atom. The van der Waals surface area contributed by atoms with Gasteiger partial charge in [-0.1, -0.05) is 13.8 Å². The number of hydrogen-bond donors (Lipinski definition) is 1. The molecule has 2 aromatic heterocycles. The zero-order chi connectivity index (χ0) is 14.7. The van der Waals surface area contributed by atoms with E-state index in [0.717, 1.165) is 10.7 Å². The predicted molar refractivity (Wildman–Crippen MR) is 77.8 cm³/mol. The average Bonchev–Trinajstić information content (AvgIpc) is 2.97. The summed E-state index contributed by atoms with van der Waals surface area (Å²) in [5, 5.41) is 9.20. The van der Waals surface area contributed by atoms with Crippen LogP contribution in [-0.2, 0) is 6.54 Å². The van der Waals surface area contributed by atoms with Gasteiger partial charge in [0.1, 0.15) is 18.2 Å². The largest absolute Gasteiger partial charge is 0.490 e. The van der Waals surface area contributed by atoms with Crippen molar-refractivity contribution in [3.8, 4) is 5.75 Å². The summed E-state index contributed by atoms with van der Waals surface area (Å²) in [6.45, 7) is 7.07. The normalized spacial score (nSPS) is 11.0. The molecule has 0 aliphatic carbocycles. The molecule has 0 aliphatic heterocycles. The van der Waals surface area contributed by atoms with Gasteiger partial charge in [0.15, 0.2) is 4.88 Å². The van der Waals surface area contributed by atoms with Crippen molar-refractivity contribution < 1.29 is 14.6 Å². The Morgan fingerprint density at radius 3 is 2.85 bits per heavy atom. The van der Waals surface area contributed by atoms with Crippen molar-refractivity contribution in [1.29, 1.82) is 0 Å². The van der Waals surface area contributed by atoms with Crippen molar-refractivity contribution in [3.05, 3.63) is 34.0 Å². The Kier molecular flexibility index (Phi) is 4.44. The maximum atomic E-state index is 11.2. The van der Waals surface area contributed by atoms with Crippen LogP contribution in [0.4, 0.5) is 0 Å². The van der Waals surface area contributed by atoms with Gasteiger partial charge in [0, 0.05) is 17.3 Å². The second-order valence-corrected chi connectivity index (χ2v) is 5.90. The molecular weight excluding hydrogens is 276 g/mol. The van der Waals surface area contributed by atoms with E-state index < -0.39 is 5.97 Å². The monoisotopic (exact) mass is 294 g/mol. The minimum absolute atomic E-state index is 0.274.